The number of H-pyrrole nitrogens is 1. The molecule has 0 aliphatic heterocycles. The van der Waals surface area contributed by atoms with Gasteiger partial charge in [-0.2, -0.15) is 0 Å². The van der Waals surface area contributed by atoms with Gasteiger partial charge in [-0.15, -0.1) is 0 Å². The Morgan fingerprint density at radius 3 is 2.84 bits per heavy atom. The van der Waals surface area contributed by atoms with Crippen molar-refractivity contribution in [1.82, 2.24) is 15.0 Å². The average Bonchev–Trinajstić information content (AvgIpc) is 2.75. The molecule has 0 saturated carbocycles. The lowest BCUT2D eigenvalue weighted by molar-refractivity contribution is 1.08. The maximum absolute atomic E-state index is 6.00. The van der Waals surface area contributed by atoms with Gasteiger partial charge in [-0.3, -0.25) is 0 Å². The SMILES string of the molecule is Cc1nc(Cl)ccc1Cc1c[nH]c2ncc(Cl)cc12. The zero-order chi connectivity index (χ0) is 13.4. The van der Waals surface area contributed by atoms with Crippen molar-refractivity contribution in [3.05, 3.63) is 57.6 Å². The Bertz CT molecular complexity index is 750. The zero-order valence-corrected chi connectivity index (χ0v) is 11.8. The molecule has 19 heavy (non-hydrogen) atoms. The van der Waals surface area contributed by atoms with Crippen LogP contribution in [0.15, 0.2) is 30.6 Å². The van der Waals surface area contributed by atoms with Crippen LogP contribution in [0.25, 0.3) is 11.0 Å². The van der Waals surface area contributed by atoms with E-state index in [1.807, 2.05) is 31.3 Å². The van der Waals surface area contributed by atoms with E-state index in [1.54, 1.807) is 6.20 Å². The molecule has 0 aromatic carbocycles. The van der Waals surface area contributed by atoms with E-state index < -0.39 is 0 Å². The Morgan fingerprint density at radius 2 is 2.05 bits per heavy atom. The van der Waals surface area contributed by atoms with Gasteiger partial charge in [0.1, 0.15) is 10.8 Å². The van der Waals surface area contributed by atoms with Crippen molar-refractivity contribution in [2.75, 3.05) is 0 Å². The van der Waals surface area contributed by atoms with Crippen molar-refractivity contribution < 1.29 is 0 Å². The highest BCUT2D eigenvalue weighted by Gasteiger charge is 2.08. The predicted molar refractivity (Wildman–Crippen MR) is 77.9 cm³/mol. The van der Waals surface area contributed by atoms with Gasteiger partial charge < -0.3 is 4.98 Å². The van der Waals surface area contributed by atoms with Crippen molar-refractivity contribution in [3.8, 4) is 0 Å². The molecular weight excluding hydrogens is 281 g/mol. The quantitative estimate of drug-likeness (QED) is 0.720. The summed E-state index contributed by atoms with van der Waals surface area (Å²) < 4.78 is 0. The molecule has 3 heterocycles. The Kier molecular flexibility index (Phi) is 3.17. The zero-order valence-electron chi connectivity index (χ0n) is 10.2. The van der Waals surface area contributed by atoms with Crippen LogP contribution in [0.4, 0.5) is 0 Å². The Labute approximate surface area is 120 Å². The summed E-state index contributed by atoms with van der Waals surface area (Å²) >= 11 is 11.9. The van der Waals surface area contributed by atoms with E-state index in [0.29, 0.717) is 10.2 Å². The summed E-state index contributed by atoms with van der Waals surface area (Å²) in [5.41, 5.74) is 4.08. The minimum absolute atomic E-state index is 0.518. The lowest BCUT2D eigenvalue weighted by Gasteiger charge is -2.04. The number of aromatic amines is 1. The van der Waals surface area contributed by atoms with Crippen LogP contribution in [0.2, 0.25) is 10.2 Å². The van der Waals surface area contributed by atoms with Crippen molar-refractivity contribution in [2.24, 2.45) is 0 Å². The normalized spacial score (nSPS) is 11.1. The fraction of sp³-hybridized carbons (Fsp3) is 0.143. The molecule has 0 unspecified atom stereocenters. The van der Waals surface area contributed by atoms with Gasteiger partial charge in [-0.05, 0) is 30.2 Å². The number of hydrogen-bond acceptors (Lipinski definition) is 2. The van der Waals surface area contributed by atoms with E-state index in [4.69, 9.17) is 23.2 Å². The van der Waals surface area contributed by atoms with E-state index in [-0.39, 0.29) is 0 Å². The average molecular weight is 292 g/mol. The number of hydrogen-bond donors (Lipinski definition) is 1. The first kappa shape index (κ1) is 12.5. The number of nitrogens with zero attached hydrogens (tertiary/aromatic N) is 2. The van der Waals surface area contributed by atoms with Crippen molar-refractivity contribution in [2.45, 2.75) is 13.3 Å². The molecule has 0 bridgehead atoms. The van der Waals surface area contributed by atoms with Crippen LogP contribution in [0.5, 0.6) is 0 Å². The maximum atomic E-state index is 6.00. The summed E-state index contributed by atoms with van der Waals surface area (Å²) in [5, 5.41) is 2.20. The van der Waals surface area contributed by atoms with Gasteiger partial charge in [0, 0.05) is 29.9 Å². The minimum atomic E-state index is 0.518. The van der Waals surface area contributed by atoms with E-state index in [0.717, 1.165) is 34.3 Å². The standard InChI is InChI=1S/C14H11Cl2N3/c1-8-9(2-3-13(16)19-8)4-10-6-17-14-12(10)5-11(15)7-18-14/h2-3,5-7H,4H2,1H3,(H,17,18). The number of halogens is 2. The van der Waals surface area contributed by atoms with Crippen LogP contribution >= 0.6 is 23.2 Å². The Morgan fingerprint density at radius 1 is 1.21 bits per heavy atom. The van der Waals surface area contributed by atoms with Gasteiger partial charge in [-0.1, -0.05) is 29.3 Å². The Hall–Kier alpha value is -1.58. The summed E-state index contributed by atoms with van der Waals surface area (Å²) in [5.74, 6) is 0. The summed E-state index contributed by atoms with van der Waals surface area (Å²) in [7, 11) is 0. The van der Waals surface area contributed by atoms with Crippen LogP contribution < -0.4 is 0 Å². The van der Waals surface area contributed by atoms with Crippen molar-refractivity contribution in [3.63, 3.8) is 0 Å². The molecular formula is C14H11Cl2N3. The fourth-order valence-corrected chi connectivity index (χ4v) is 2.48. The highest BCUT2D eigenvalue weighted by atomic mass is 35.5. The van der Waals surface area contributed by atoms with Crippen LogP contribution in [0, 0.1) is 6.92 Å². The van der Waals surface area contributed by atoms with Crippen LogP contribution in [-0.4, -0.2) is 15.0 Å². The monoisotopic (exact) mass is 291 g/mol. The third-order valence-electron chi connectivity index (χ3n) is 3.13. The van der Waals surface area contributed by atoms with E-state index in [1.165, 1.54) is 0 Å². The highest BCUT2D eigenvalue weighted by molar-refractivity contribution is 6.31. The molecule has 3 nitrogen and oxygen atoms in total. The molecule has 0 spiro atoms. The molecule has 0 radical (unpaired) electrons. The smallest absolute Gasteiger partial charge is 0.137 e. The van der Waals surface area contributed by atoms with E-state index in [2.05, 4.69) is 15.0 Å². The highest BCUT2D eigenvalue weighted by Crippen LogP contribution is 2.23. The molecule has 0 aliphatic carbocycles. The number of aryl methyl sites for hydroxylation is 1. The second-order valence-corrected chi connectivity index (χ2v) is 5.24. The second-order valence-electron chi connectivity index (χ2n) is 4.42. The fourth-order valence-electron chi connectivity index (χ4n) is 2.13. The summed E-state index contributed by atoms with van der Waals surface area (Å²) in [4.78, 5) is 11.7. The first-order valence-corrected chi connectivity index (χ1v) is 6.62. The lowest BCUT2D eigenvalue weighted by atomic mass is 10.0. The molecule has 0 aliphatic rings. The molecule has 0 saturated heterocycles. The molecule has 3 aromatic heterocycles. The molecule has 0 atom stereocenters. The summed E-state index contributed by atoms with van der Waals surface area (Å²) in [6.07, 6.45) is 4.37. The first-order valence-electron chi connectivity index (χ1n) is 5.87. The molecule has 96 valence electrons. The maximum Gasteiger partial charge on any atom is 0.137 e. The lowest BCUT2D eigenvalue weighted by Crippen LogP contribution is -1.94. The van der Waals surface area contributed by atoms with Crippen LogP contribution in [-0.2, 0) is 6.42 Å². The summed E-state index contributed by atoms with van der Waals surface area (Å²) in [6, 6.07) is 5.74. The van der Waals surface area contributed by atoms with Crippen molar-refractivity contribution >= 4 is 34.2 Å². The number of fused-ring (bicyclic) bond motifs is 1. The minimum Gasteiger partial charge on any atom is -0.346 e. The van der Waals surface area contributed by atoms with Crippen molar-refractivity contribution in [1.29, 1.82) is 0 Å². The van der Waals surface area contributed by atoms with Gasteiger partial charge in [0.05, 0.1) is 5.02 Å². The van der Waals surface area contributed by atoms with Crippen LogP contribution in [0.3, 0.4) is 0 Å². The van der Waals surface area contributed by atoms with Gasteiger partial charge in [0.25, 0.3) is 0 Å². The number of rotatable bonds is 2. The topological polar surface area (TPSA) is 41.6 Å². The van der Waals surface area contributed by atoms with Crippen LogP contribution in [0.1, 0.15) is 16.8 Å². The summed E-state index contributed by atoms with van der Waals surface area (Å²) in [6.45, 7) is 1.96. The third kappa shape index (κ3) is 2.44. The largest absolute Gasteiger partial charge is 0.346 e. The molecule has 1 N–H and O–H groups in total. The molecule has 3 rings (SSSR count). The predicted octanol–water partition coefficient (Wildman–Crippen LogP) is 4.16. The third-order valence-corrected chi connectivity index (χ3v) is 3.54. The van der Waals surface area contributed by atoms with E-state index in [9.17, 15) is 0 Å². The van der Waals surface area contributed by atoms with Gasteiger partial charge in [0.2, 0.25) is 0 Å². The number of nitrogens with one attached hydrogen (secondary N) is 1. The first-order chi connectivity index (χ1) is 9.13. The number of aromatic nitrogens is 3. The Balaban J connectivity index is 2.03. The van der Waals surface area contributed by atoms with Gasteiger partial charge >= 0.3 is 0 Å². The number of pyridine rings is 2. The molecule has 0 fully saturated rings. The van der Waals surface area contributed by atoms with Gasteiger partial charge in [-0.25, -0.2) is 9.97 Å². The second kappa shape index (κ2) is 4.83. The van der Waals surface area contributed by atoms with E-state index >= 15 is 0 Å². The molecule has 5 heteroatoms. The van der Waals surface area contributed by atoms with Gasteiger partial charge in [0.15, 0.2) is 0 Å². The molecule has 3 aromatic rings. The molecule has 0 amide bonds.